The predicted molar refractivity (Wildman–Crippen MR) is 125 cm³/mol. The quantitative estimate of drug-likeness (QED) is 0.537. The van der Waals surface area contributed by atoms with Gasteiger partial charge in [0.1, 0.15) is 5.52 Å². The highest BCUT2D eigenvalue weighted by Gasteiger charge is 2.24. The normalized spacial score (nSPS) is 13.3. The Morgan fingerprint density at radius 1 is 1.13 bits per heavy atom. The smallest absolute Gasteiger partial charge is 0.261 e. The zero-order valence-electron chi connectivity index (χ0n) is 19.2. The van der Waals surface area contributed by atoms with E-state index in [1.54, 1.807) is 18.5 Å². The number of hydrogen-bond donors (Lipinski definition) is 3. The predicted octanol–water partition coefficient (Wildman–Crippen LogP) is 4.63. The zero-order chi connectivity index (χ0) is 23.0. The van der Waals surface area contributed by atoms with E-state index >= 15 is 0 Å². The lowest BCUT2D eigenvalue weighted by atomic mass is 9.88. The van der Waals surface area contributed by atoms with Gasteiger partial charge in [0.2, 0.25) is 0 Å². The maximum atomic E-state index is 12.8. The van der Waals surface area contributed by atoms with Gasteiger partial charge in [-0.1, -0.05) is 41.5 Å². The van der Waals surface area contributed by atoms with Gasteiger partial charge in [0, 0.05) is 18.8 Å². The number of fused-ring (bicyclic) bond motifs is 1. The fourth-order valence-corrected chi connectivity index (χ4v) is 3.58. The molecule has 0 aliphatic heterocycles. The number of aromatic amines is 1. The fourth-order valence-electron chi connectivity index (χ4n) is 2.70. The molecule has 2 amide bonds. The molecule has 166 valence electrons. The van der Waals surface area contributed by atoms with Crippen LogP contribution in [-0.4, -0.2) is 39.4 Å². The number of carbonyl (C=O) groups is 2. The number of nitrogens with zero attached hydrogens (tertiary/aromatic N) is 2. The summed E-state index contributed by atoms with van der Waals surface area (Å²) in [7, 11) is 0. The molecule has 3 N–H and O–H groups in total. The molecule has 7 nitrogen and oxygen atoms in total. The summed E-state index contributed by atoms with van der Waals surface area (Å²) in [6.45, 7) is 15.0. The highest BCUT2D eigenvalue weighted by Crippen LogP contribution is 2.28. The minimum atomic E-state index is -0.187. The lowest BCUT2D eigenvalue weighted by molar-refractivity contribution is 0.0910. The van der Waals surface area contributed by atoms with Gasteiger partial charge in [-0.05, 0) is 29.9 Å². The summed E-state index contributed by atoms with van der Waals surface area (Å²) in [5, 5.41) is 6.00. The monoisotopic (exact) mass is 441 g/mol. The number of rotatable bonds is 5. The van der Waals surface area contributed by atoms with Crippen LogP contribution in [0.2, 0.25) is 0 Å². The van der Waals surface area contributed by atoms with E-state index in [0.29, 0.717) is 33.8 Å². The van der Waals surface area contributed by atoms with Crippen LogP contribution in [0.15, 0.2) is 24.5 Å². The van der Waals surface area contributed by atoms with Crippen LogP contribution in [-0.2, 0) is 0 Å². The van der Waals surface area contributed by atoms with Crippen LogP contribution in [0.1, 0.15) is 68.5 Å². The molecule has 1 atom stereocenters. The van der Waals surface area contributed by atoms with Crippen molar-refractivity contribution in [2.45, 2.75) is 54.5 Å². The number of hydrogen-bond acceptors (Lipinski definition) is 5. The van der Waals surface area contributed by atoms with Gasteiger partial charge in [-0.3, -0.25) is 9.59 Å². The van der Waals surface area contributed by atoms with Gasteiger partial charge in [-0.2, -0.15) is 0 Å². The molecular formula is C23H31N5O2S. The van der Waals surface area contributed by atoms with Crippen LogP contribution in [0, 0.1) is 10.8 Å². The minimum absolute atomic E-state index is 0.00689. The van der Waals surface area contributed by atoms with Crippen molar-refractivity contribution in [1.82, 2.24) is 25.6 Å². The van der Waals surface area contributed by atoms with Crippen LogP contribution >= 0.6 is 11.3 Å². The molecule has 3 aromatic heterocycles. The van der Waals surface area contributed by atoms with E-state index in [-0.39, 0.29) is 28.7 Å². The third-order valence-electron chi connectivity index (χ3n) is 5.13. The summed E-state index contributed by atoms with van der Waals surface area (Å²) in [5.74, 6) is -0.286. The number of nitrogens with one attached hydrogen (secondary N) is 3. The standard InChI is InChI=1S/C23H31N5O2S/c1-13(23(5,6)7)27-20(29)14-10-24-19-18(14)28-15(11-25-19)16-8-9-17(31-16)21(30)26-12-22(2,3)4/h8-11,13H,12H2,1-7H3,(H,24,25)(H,26,30)(H,27,29)/t13-/m0/s1. The van der Waals surface area contributed by atoms with Crippen molar-refractivity contribution >= 4 is 34.3 Å². The second kappa shape index (κ2) is 8.42. The lowest BCUT2D eigenvalue weighted by Crippen LogP contribution is -2.41. The first-order valence-electron chi connectivity index (χ1n) is 10.4. The molecule has 0 saturated carbocycles. The molecule has 0 spiro atoms. The molecular weight excluding hydrogens is 410 g/mol. The Morgan fingerprint density at radius 3 is 2.48 bits per heavy atom. The summed E-state index contributed by atoms with van der Waals surface area (Å²) >= 11 is 1.36. The maximum absolute atomic E-state index is 12.8. The molecule has 0 saturated heterocycles. The van der Waals surface area contributed by atoms with Gasteiger partial charge in [-0.25, -0.2) is 9.97 Å². The Bertz CT molecular complexity index is 1100. The van der Waals surface area contributed by atoms with Crippen molar-refractivity contribution in [3.63, 3.8) is 0 Å². The van der Waals surface area contributed by atoms with E-state index in [4.69, 9.17) is 0 Å². The van der Waals surface area contributed by atoms with Crippen LogP contribution < -0.4 is 10.6 Å². The first-order chi connectivity index (χ1) is 14.3. The van der Waals surface area contributed by atoms with Crippen molar-refractivity contribution < 1.29 is 9.59 Å². The molecule has 3 heterocycles. The van der Waals surface area contributed by atoms with E-state index in [1.165, 1.54) is 11.3 Å². The van der Waals surface area contributed by atoms with Gasteiger partial charge in [0.05, 0.1) is 27.2 Å². The number of aromatic nitrogens is 3. The molecule has 8 heteroatoms. The molecule has 0 aliphatic carbocycles. The average molecular weight is 442 g/mol. The van der Waals surface area contributed by atoms with Crippen LogP contribution in [0.25, 0.3) is 21.7 Å². The fraction of sp³-hybridized carbons (Fsp3) is 0.478. The molecule has 0 radical (unpaired) electrons. The van der Waals surface area contributed by atoms with Crippen molar-refractivity contribution in [3.05, 3.63) is 35.0 Å². The highest BCUT2D eigenvalue weighted by atomic mass is 32.1. The van der Waals surface area contributed by atoms with E-state index in [2.05, 4.69) is 67.1 Å². The first-order valence-corrected chi connectivity index (χ1v) is 11.2. The Kier molecular flexibility index (Phi) is 6.23. The number of H-pyrrole nitrogens is 1. The maximum Gasteiger partial charge on any atom is 0.261 e. The van der Waals surface area contributed by atoms with Gasteiger partial charge in [0.25, 0.3) is 11.8 Å². The third-order valence-corrected chi connectivity index (χ3v) is 6.24. The molecule has 3 rings (SSSR count). The third kappa shape index (κ3) is 5.50. The largest absolute Gasteiger partial charge is 0.351 e. The molecule has 3 aromatic rings. The highest BCUT2D eigenvalue weighted by molar-refractivity contribution is 7.17. The average Bonchev–Trinajstić information content (AvgIpc) is 3.31. The molecule has 0 aliphatic rings. The van der Waals surface area contributed by atoms with Gasteiger partial charge in [0.15, 0.2) is 5.65 Å². The first kappa shape index (κ1) is 22.9. The topological polar surface area (TPSA) is 99.8 Å². The molecule has 0 aromatic carbocycles. The summed E-state index contributed by atoms with van der Waals surface area (Å²) < 4.78 is 0. The molecule has 0 fully saturated rings. The Hall–Kier alpha value is -2.74. The summed E-state index contributed by atoms with van der Waals surface area (Å²) in [5.41, 5.74) is 2.12. The van der Waals surface area contributed by atoms with Gasteiger partial charge >= 0.3 is 0 Å². The van der Waals surface area contributed by atoms with Gasteiger partial charge < -0.3 is 15.6 Å². The Labute approximate surface area is 187 Å². The molecule has 0 bridgehead atoms. The second-order valence-corrected chi connectivity index (χ2v) is 11.2. The van der Waals surface area contributed by atoms with E-state index in [9.17, 15) is 9.59 Å². The van der Waals surface area contributed by atoms with E-state index in [0.717, 1.165) is 4.88 Å². The molecule has 0 unspecified atom stereocenters. The van der Waals surface area contributed by atoms with Crippen molar-refractivity contribution in [3.8, 4) is 10.6 Å². The molecule has 31 heavy (non-hydrogen) atoms. The Morgan fingerprint density at radius 2 is 1.84 bits per heavy atom. The van der Waals surface area contributed by atoms with Crippen molar-refractivity contribution in [2.75, 3.05) is 6.54 Å². The number of amides is 2. The number of thiophene rings is 1. The van der Waals surface area contributed by atoms with Gasteiger partial charge in [-0.15, -0.1) is 11.3 Å². The van der Waals surface area contributed by atoms with Crippen LogP contribution in [0.5, 0.6) is 0 Å². The van der Waals surface area contributed by atoms with Crippen molar-refractivity contribution in [2.24, 2.45) is 10.8 Å². The summed E-state index contributed by atoms with van der Waals surface area (Å²) in [6.07, 6.45) is 3.29. The van der Waals surface area contributed by atoms with E-state index in [1.807, 2.05) is 13.0 Å². The second-order valence-electron chi connectivity index (χ2n) is 10.1. The van der Waals surface area contributed by atoms with Crippen molar-refractivity contribution in [1.29, 1.82) is 0 Å². The summed E-state index contributed by atoms with van der Waals surface area (Å²) in [6, 6.07) is 3.65. The zero-order valence-corrected chi connectivity index (χ0v) is 20.0. The SMILES string of the molecule is C[C@H](NC(=O)c1c[nH]c2ncc(-c3ccc(C(=O)NCC(C)(C)C)s3)nc12)C(C)(C)C. The number of carbonyl (C=O) groups excluding carboxylic acids is 2. The van der Waals surface area contributed by atoms with E-state index < -0.39 is 0 Å². The lowest BCUT2D eigenvalue weighted by Gasteiger charge is -2.27. The summed E-state index contributed by atoms with van der Waals surface area (Å²) in [4.78, 5) is 38.8. The minimum Gasteiger partial charge on any atom is -0.351 e. The van der Waals surface area contributed by atoms with Crippen LogP contribution in [0.4, 0.5) is 0 Å². The van der Waals surface area contributed by atoms with Crippen LogP contribution in [0.3, 0.4) is 0 Å². The Balaban J connectivity index is 1.83.